The van der Waals surface area contributed by atoms with Gasteiger partial charge in [-0.15, -0.1) is 0 Å². The highest BCUT2D eigenvalue weighted by Gasteiger charge is 2.37. The van der Waals surface area contributed by atoms with Crippen LogP contribution in [-0.4, -0.2) is 33.9 Å². The number of hydrogen-bond donors (Lipinski definition) is 0. The van der Waals surface area contributed by atoms with E-state index in [0.29, 0.717) is 6.04 Å². The van der Waals surface area contributed by atoms with E-state index in [-0.39, 0.29) is 12.1 Å². The number of benzene rings is 3. The van der Waals surface area contributed by atoms with Gasteiger partial charge in [-0.3, -0.25) is 14.7 Å². The van der Waals surface area contributed by atoms with E-state index >= 15 is 0 Å². The van der Waals surface area contributed by atoms with Crippen LogP contribution < -0.4 is 9.64 Å². The third kappa shape index (κ3) is 5.93. The van der Waals surface area contributed by atoms with Gasteiger partial charge in [0.1, 0.15) is 17.7 Å². The Morgan fingerprint density at radius 2 is 1.56 bits per heavy atom. The van der Waals surface area contributed by atoms with Crippen LogP contribution >= 0.6 is 11.8 Å². The van der Waals surface area contributed by atoms with E-state index < -0.39 is 0 Å². The molecule has 1 atom stereocenters. The van der Waals surface area contributed by atoms with Crippen LogP contribution in [0.2, 0.25) is 0 Å². The van der Waals surface area contributed by atoms with Gasteiger partial charge in [-0.2, -0.15) is 0 Å². The summed E-state index contributed by atoms with van der Waals surface area (Å²) in [5, 5.41) is 1.06. The van der Waals surface area contributed by atoms with Gasteiger partial charge in [0, 0.05) is 24.9 Å². The Hall–Kier alpha value is -3.25. The quantitative estimate of drug-likeness (QED) is 0.348. The molecule has 1 aliphatic carbocycles. The molecule has 3 aromatic carbocycles. The number of carbonyl (C=O) groups is 1. The van der Waals surface area contributed by atoms with Gasteiger partial charge in [-0.05, 0) is 54.8 Å². The highest BCUT2D eigenvalue weighted by atomic mass is 32.2. The number of aliphatic imine (C=N–C) groups is 1. The van der Waals surface area contributed by atoms with Crippen molar-refractivity contribution in [2.75, 3.05) is 10.7 Å². The summed E-state index contributed by atoms with van der Waals surface area (Å²) in [6, 6.07) is 28.4. The largest absolute Gasteiger partial charge is 0.457 e. The van der Waals surface area contributed by atoms with Gasteiger partial charge < -0.3 is 9.64 Å². The third-order valence-corrected chi connectivity index (χ3v) is 7.82. The minimum atomic E-state index is -0.101. The lowest BCUT2D eigenvalue weighted by Crippen LogP contribution is -2.49. The Morgan fingerprint density at radius 3 is 2.22 bits per heavy atom. The Kier molecular flexibility index (Phi) is 7.91. The molecule has 1 heterocycles. The number of rotatable bonds is 7. The van der Waals surface area contributed by atoms with Crippen LogP contribution in [0.4, 0.5) is 5.69 Å². The summed E-state index contributed by atoms with van der Waals surface area (Å²) < 4.78 is 5.96. The molecule has 6 heteroatoms. The minimum absolute atomic E-state index is 0.0225. The standard InChI is InChI=1S/C30H33N3O2S/c1-23(34)33(26-17-19-28(20-18-26)35-27-15-9-4-10-16-27)29-22-36-30(31-25-13-7-3-8-14-25)32(29)21-24-11-5-2-6-12-24/h2,4-6,9-12,15-20,25,29H,3,7-8,13-14,21-22H2,1H3. The van der Waals surface area contributed by atoms with Crippen molar-refractivity contribution in [1.82, 2.24) is 4.90 Å². The van der Waals surface area contributed by atoms with Crippen molar-refractivity contribution >= 4 is 28.5 Å². The Bertz CT molecular complexity index is 1160. The monoisotopic (exact) mass is 499 g/mol. The molecule has 1 saturated heterocycles. The molecule has 0 spiro atoms. The predicted octanol–water partition coefficient (Wildman–Crippen LogP) is 7.10. The molecule has 36 heavy (non-hydrogen) atoms. The van der Waals surface area contributed by atoms with Crippen LogP contribution in [0.1, 0.15) is 44.6 Å². The smallest absolute Gasteiger partial charge is 0.225 e. The fraction of sp³-hybridized carbons (Fsp3) is 0.333. The van der Waals surface area contributed by atoms with Gasteiger partial charge in [0.05, 0.1) is 6.04 Å². The van der Waals surface area contributed by atoms with Crippen molar-refractivity contribution in [3.8, 4) is 11.5 Å². The van der Waals surface area contributed by atoms with E-state index in [1.807, 2.05) is 65.6 Å². The summed E-state index contributed by atoms with van der Waals surface area (Å²) in [4.78, 5) is 22.5. The molecule has 186 valence electrons. The second-order valence-electron chi connectivity index (χ2n) is 9.41. The lowest BCUT2D eigenvalue weighted by atomic mass is 9.96. The summed E-state index contributed by atoms with van der Waals surface area (Å²) in [6.45, 7) is 2.37. The molecule has 1 aliphatic heterocycles. The van der Waals surface area contributed by atoms with Crippen LogP contribution in [0.15, 0.2) is 89.9 Å². The van der Waals surface area contributed by atoms with E-state index in [2.05, 4.69) is 29.2 Å². The molecule has 2 aliphatic rings. The molecular weight excluding hydrogens is 466 g/mol. The number of anilines is 1. The zero-order valence-corrected chi connectivity index (χ0v) is 21.6. The zero-order chi connectivity index (χ0) is 24.7. The molecule has 1 amide bonds. The maximum absolute atomic E-state index is 13.0. The molecule has 3 aromatic rings. The van der Waals surface area contributed by atoms with Crippen LogP contribution in [0, 0.1) is 0 Å². The minimum Gasteiger partial charge on any atom is -0.457 e. The van der Waals surface area contributed by atoms with E-state index in [1.165, 1.54) is 24.8 Å². The lowest BCUT2D eigenvalue weighted by molar-refractivity contribution is -0.117. The number of hydrogen-bond acceptors (Lipinski definition) is 4. The van der Waals surface area contributed by atoms with Gasteiger partial charge in [0.25, 0.3) is 0 Å². The van der Waals surface area contributed by atoms with Crippen molar-refractivity contribution in [2.24, 2.45) is 4.99 Å². The fourth-order valence-electron chi connectivity index (χ4n) is 4.96. The van der Waals surface area contributed by atoms with Crippen molar-refractivity contribution in [1.29, 1.82) is 0 Å². The number of nitrogens with zero attached hydrogens (tertiary/aromatic N) is 3. The average Bonchev–Trinajstić information content (AvgIpc) is 3.28. The number of carbonyl (C=O) groups excluding carboxylic acids is 1. The van der Waals surface area contributed by atoms with Gasteiger partial charge in [-0.25, -0.2) is 0 Å². The lowest BCUT2D eigenvalue weighted by Gasteiger charge is -2.35. The summed E-state index contributed by atoms with van der Waals surface area (Å²) >= 11 is 1.77. The highest BCUT2D eigenvalue weighted by molar-refractivity contribution is 8.14. The van der Waals surface area contributed by atoms with Crippen LogP contribution in [0.25, 0.3) is 0 Å². The zero-order valence-electron chi connectivity index (χ0n) is 20.8. The normalized spacial score (nSPS) is 19.4. The number of amides is 1. The molecule has 0 radical (unpaired) electrons. The number of thioether (sulfide) groups is 1. The molecule has 0 aromatic heterocycles. The predicted molar refractivity (Wildman–Crippen MR) is 149 cm³/mol. The van der Waals surface area contributed by atoms with Crippen molar-refractivity contribution in [3.05, 3.63) is 90.5 Å². The summed E-state index contributed by atoms with van der Waals surface area (Å²) in [7, 11) is 0. The maximum atomic E-state index is 13.0. The van der Waals surface area contributed by atoms with Gasteiger partial charge in [0.15, 0.2) is 5.17 Å². The Morgan fingerprint density at radius 1 is 0.917 bits per heavy atom. The van der Waals surface area contributed by atoms with E-state index in [4.69, 9.17) is 9.73 Å². The van der Waals surface area contributed by atoms with Crippen molar-refractivity contribution < 1.29 is 9.53 Å². The Balaban J connectivity index is 1.41. The van der Waals surface area contributed by atoms with Crippen LogP contribution in [-0.2, 0) is 11.3 Å². The van der Waals surface area contributed by atoms with Crippen molar-refractivity contribution in [3.63, 3.8) is 0 Å². The van der Waals surface area contributed by atoms with Gasteiger partial charge >= 0.3 is 0 Å². The highest BCUT2D eigenvalue weighted by Crippen LogP contribution is 2.34. The Labute approximate surface area is 218 Å². The molecule has 0 N–H and O–H groups in total. The number of amidine groups is 1. The van der Waals surface area contributed by atoms with E-state index in [0.717, 1.165) is 47.5 Å². The molecule has 2 fully saturated rings. The molecule has 0 bridgehead atoms. The third-order valence-electron chi connectivity index (χ3n) is 6.76. The first-order valence-electron chi connectivity index (χ1n) is 12.8. The molecule has 1 saturated carbocycles. The SMILES string of the molecule is CC(=O)N(c1ccc(Oc2ccccc2)cc1)C1CSC(=NC2CCCCC2)N1Cc1ccccc1. The van der Waals surface area contributed by atoms with E-state index in [9.17, 15) is 4.79 Å². The average molecular weight is 500 g/mol. The van der Waals surface area contributed by atoms with Gasteiger partial charge in [0.2, 0.25) is 5.91 Å². The summed E-state index contributed by atoms with van der Waals surface area (Å²) in [6.07, 6.45) is 6.04. The summed E-state index contributed by atoms with van der Waals surface area (Å²) in [5.74, 6) is 2.35. The number of para-hydroxylation sites is 1. The van der Waals surface area contributed by atoms with Gasteiger partial charge in [-0.1, -0.05) is 79.6 Å². The second kappa shape index (κ2) is 11.7. The maximum Gasteiger partial charge on any atom is 0.225 e. The number of ether oxygens (including phenoxy) is 1. The second-order valence-corrected chi connectivity index (χ2v) is 10.4. The molecule has 5 nitrogen and oxygen atoms in total. The fourth-order valence-corrected chi connectivity index (χ4v) is 6.16. The van der Waals surface area contributed by atoms with Crippen LogP contribution in [0.3, 0.4) is 0 Å². The molecular formula is C30H33N3O2S. The van der Waals surface area contributed by atoms with E-state index in [1.54, 1.807) is 18.7 Å². The first kappa shape index (κ1) is 24.4. The molecule has 5 rings (SSSR count). The van der Waals surface area contributed by atoms with Crippen molar-refractivity contribution in [2.45, 2.75) is 57.8 Å². The topological polar surface area (TPSA) is 45.1 Å². The molecule has 1 unspecified atom stereocenters. The first-order valence-corrected chi connectivity index (χ1v) is 13.8. The van der Waals surface area contributed by atoms with Crippen LogP contribution in [0.5, 0.6) is 11.5 Å². The summed E-state index contributed by atoms with van der Waals surface area (Å²) in [5.41, 5.74) is 2.09. The first-order chi connectivity index (χ1) is 17.7.